The summed E-state index contributed by atoms with van der Waals surface area (Å²) in [5.41, 5.74) is 9.52. The molecule has 0 saturated heterocycles. The fraction of sp³-hybridized carbons (Fsp3) is 0.333. The molecule has 2 aromatic rings. The number of halogens is 1. The molecule has 2 heterocycles. The van der Waals surface area contributed by atoms with Crippen molar-refractivity contribution in [2.75, 3.05) is 4.90 Å². The summed E-state index contributed by atoms with van der Waals surface area (Å²) in [6.45, 7) is 6.36. The summed E-state index contributed by atoms with van der Waals surface area (Å²) in [6.07, 6.45) is 2.15. The summed E-state index contributed by atoms with van der Waals surface area (Å²) in [4.78, 5) is 17.7. The lowest BCUT2D eigenvalue weighted by Gasteiger charge is -2.43. The van der Waals surface area contributed by atoms with Crippen molar-refractivity contribution in [3.8, 4) is 6.07 Å². The molecule has 0 radical (unpaired) electrons. The molecule has 1 aromatic carbocycles. The molecule has 2 aliphatic rings. The van der Waals surface area contributed by atoms with Crippen LogP contribution in [0.2, 0.25) is 0 Å². The monoisotopic (exact) mass is 529 g/mol. The third-order valence-electron chi connectivity index (χ3n) is 5.78. The third kappa shape index (κ3) is 3.58. The van der Waals surface area contributed by atoms with Gasteiger partial charge in [0.2, 0.25) is 0 Å². The van der Waals surface area contributed by atoms with E-state index in [1.165, 1.54) is 4.88 Å². The van der Waals surface area contributed by atoms with Gasteiger partial charge in [-0.15, -0.1) is 11.3 Å². The number of carbonyl (C=O) groups excluding carboxylic acids is 1. The lowest BCUT2D eigenvalue weighted by molar-refractivity contribution is -0.118. The normalized spacial score (nSPS) is 21.0. The molecule has 2 N–H and O–H groups in total. The standard InChI is InChI=1S/C24H24IN3OS/c1-4-16-9-10-20(30-16)21-17(13-26)23(27)28(15-7-5-14(25)6-8-15)18-11-24(2,3)12-19(29)22(18)21/h5-10,21H,4,11-12,27H2,1-3H3. The molecule has 1 unspecified atom stereocenters. The van der Waals surface area contributed by atoms with Gasteiger partial charge in [-0.25, -0.2) is 0 Å². The maximum atomic E-state index is 13.4. The van der Waals surface area contributed by atoms with Gasteiger partial charge in [-0.05, 0) is 77.2 Å². The Labute approximate surface area is 195 Å². The minimum atomic E-state index is -0.376. The number of ketones is 1. The van der Waals surface area contributed by atoms with Crippen molar-refractivity contribution in [2.45, 2.75) is 46.0 Å². The van der Waals surface area contributed by atoms with Crippen LogP contribution in [0, 0.1) is 20.3 Å². The average molecular weight is 529 g/mol. The molecule has 0 spiro atoms. The van der Waals surface area contributed by atoms with Gasteiger partial charge in [0, 0.05) is 36.7 Å². The summed E-state index contributed by atoms with van der Waals surface area (Å²) in [6, 6.07) is 14.5. The quantitative estimate of drug-likeness (QED) is 0.506. The molecular weight excluding hydrogens is 505 g/mol. The van der Waals surface area contributed by atoms with Gasteiger partial charge in [0.05, 0.1) is 17.6 Å². The van der Waals surface area contributed by atoms with Crippen molar-refractivity contribution in [2.24, 2.45) is 11.1 Å². The first kappa shape index (κ1) is 21.1. The van der Waals surface area contributed by atoms with Crippen LogP contribution in [0.25, 0.3) is 0 Å². The molecule has 0 bridgehead atoms. The van der Waals surface area contributed by atoms with Crippen LogP contribution < -0.4 is 10.6 Å². The number of allylic oxidation sites excluding steroid dienone is 3. The molecule has 1 aromatic heterocycles. The van der Waals surface area contributed by atoms with E-state index in [-0.39, 0.29) is 17.1 Å². The van der Waals surface area contributed by atoms with E-state index in [0.29, 0.717) is 17.8 Å². The number of thiophene rings is 1. The number of hydrogen-bond donors (Lipinski definition) is 1. The van der Waals surface area contributed by atoms with E-state index in [0.717, 1.165) is 38.2 Å². The van der Waals surface area contributed by atoms with Crippen LogP contribution in [0.4, 0.5) is 5.69 Å². The second-order valence-electron chi connectivity index (χ2n) is 8.61. The van der Waals surface area contributed by atoms with Crippen LogP contribution in [-0.2, 0) is 11.2 Å². The van der Waals surface area contributed by atoms with E-state index < -0.39 is 0 Å². The highest BCUT2D eigenvalue weighted by Gasteiger charge is 2.45. The molecule has 4 nitrogen and oxygen atoms in total. The Bertz CT molecular complexity index is 1120. The van der Waals surface area contributed by atoms with E-state index >= 15 is 0 Å². The lowest BCUT2D eigenvalue weighted by Crippen LogP contribution is -2.42. The number of Topliss-reactive ketones (excluding diaryl/α,β-unsaturated/α-hetero) is 1. The third-order valence-corrected chi connectivity index (χ3v) is 7.79. The zero-order valence-corrected chi connectivity index (χ0v) is 20.3. The molecule has 1 aliphatic carbocycles. The van der Waals surface area contributed by atoms with Crippen LogP contribution in [0.1, 0.15) is 49.3 Å². The molecular formula is C24H24IN3OS. The predicted octanol–water partition coefficient (Wildman–Crippen LogP) is 5.86. The number of anilines is 1. The van der Waals surface area contributed by atoms with Crippen LogP contribution in [0.15, 0.2) is 59.1 Å². The number of nitriles is 1. The molecule has 0 fully saturated rings. The SMILES string of the molecule is CCc1ccc(C2C(C#N)=C(N)N(c3ccc(I)cc3)C3=C2C(=O)CC(C)(C)C3)s1. The van der Waals surface area contributed by atoms with Crippen molar-refractivity contribution in [3.63, 3.8) is 0 Å². The Balaban J connectivity index is 1.97. The first-order valence-corrected chi connectivity index (χ1v) is 12.0. The van der Waals surface area contributed by atoms with E-state index in [2.05, 4.69) is 61.6 Å². The fourth-order valence-electron chi connectivity index (χ4n) is 4.42. The Morgan fingerprint density at radius 1 is 1.23 bits per heavy atom. The number of benzene rings is 1. The molecule has 30 heavy (non-hydrogen) atoms. The molecule has 0 amide bonds. The predicted molar refractivity (Wildman–Crippen MR) is 130 cm³/mol. The molecule has 4 rings (SSSR count). The van der Waals surface area contributed by atoms with E-state index in [9.17, 15) is 10.1 Å². The summed E-state index contributed by atoms with van der Waals surface area (Å²) >= 11 is 3.94. The topological polar surface area (TPSA) is 70.1 Å². The number of nitrogens with two attached hydrogens (primary N) is 1. The molecule has 0 saturated carbocycles. The van der Waals surface area contributed by atoms with Crippen molar-refractivity contribution in [1.29, 1.82) is 5.26 Å². The number of hydrogen-bond acceptors (Lipinski definition) is 5. The molecule has 154 valence electrons. The highest BCUT2D eigenvalue weighted by atomic mass is 127. The highest BCUT2D eigenvalue weighted by molar-refractivity contribution is 14.1. The maximum Gasteiger partial charge on any atom is 0.162 e. The summed E-state index contributed by atoms with van der Waals surface area (Å²) in [5.74, 6) is 0.173. The van der Waals surface area contributed by atoms with E-state index in [1.807, 2.05) is 29.2 Å². The number of aryl methyl sites for hydroxylation is 1. The smallest absolute Gasteiger partial charge is 0.162 e. The minimum absolute atomic E-state index is 0.119. The van der Waals surface area contributed by atoms with Crippen LogP contribution in [0.3, 0.4) is 0 Å². The van der Waals surface area contributed by atoms with Gasteiger partial charge in [-0.2, -0.15) is 5.26 Å². The molecule has 1 aliphatic heterocycles. The summed E-state index contributed by atoms with van der Waals surface area (Å²) < 4.78 is 1.12. The van der Waals surface area contributed by atoms with Crippen LogP contribution >= 0.6 is 33.9 Å². The number of carbonyl (C=O) groups is 1. The number of rotatable bonds is 3. The minimum Gasteiger partial charge on any atom is -0.384 e. The fourth-order valence-corrected chi connectivity index (χ4v) is 5.85. The zero-order chi connectivity index (χ0) is 21.6. The second kappa shape index (κ2) is 7.86. The zero-order valence-electron chi connectivity index (χ0n) is 17.3. The Kier molecular flexibility index (Phi) is 5.54. The molecule has 6 heteroatoms. The van der Waals surface area contributed by atoms with Crippen molar-refractivity contribution >= 4 is 45.4 Å². The van der Waals surface area contributed by atoms with Gasteiger partial charge >= 0.3 is 0 Å². The average Bonchev–Trinajstić information content (AvgIpc) is 3.16. The first-order chi connectivity index (χ1) is 14.3. The van der Waals surface area contributed by atoms with Gasteiger partial charge < -0.3 is 5.73 Å². The van der Waals surface area contributed by atoms with Crippen molar-refractivity contribution in [1.82, 2.24) is 0 Å². The maximum absolute atomic E-state index is 13.4. The van der Waals surface area contributed by atoms with Gasteiger partial charge in [-0.3, -0.25) is 9.69 Å². The van der Waals surface area contributed by atoms with Gasteiger partial charge in [0.1, 0.15) is 5.82 Å². The first-order valence-electron chi connectivity index (χ1n) is 10.1. The number of nitrogens with zero attached hydrogens (tertiary/aromatic N) is 2. The van der Waals surface area contributed by atoms with E-state index in [4.69, 9.17) is 5.73 Å². The van der Waals surface area contributed by atoms with Gasteiger partial charge in [0.15, 0.2) is 5.78 Å². The largest absolute Gasteiger partial charge is 0.384 e. The van der Waals surface area contributed by atoms with Crippen LogP contribution in [0.5, 0.6) is 0 Å². The van der Waals surface area contributed by atoms with Crippen LogP contribution in [-0.4, -0.2) is 5.78 Å². The van der Waals surface area contributed by atoms with E-state index in [1.54, 1.807) is 11.3 Å². The Morgan fingerprint density at radius 3 is 2.53 bits per heavy atom. The second-order valence-corrected chi connectivity index (χ2v) is 11.1. The van der Waals surface area contributed by atoms with Crippen molar-refractivity contribution < 1.29 is 4.79 Å². The highest BCUT2D eigenvalue weighted by Crippen LogP contribution is 2.51. The Hall–Kier alpha value is -2.11. The molecule has 1 atom stereocenters. The lowest BCUT2D eigenvalue weighted by atomic mass is 9.69. The summed E-state index contributed by atoms with van der Waals surface area (Å²) in [5, 5.41) is 10.1. The van der Waals surface area contributed by atoms with Gasteiger partial charge in [0.25, 0.3) is 0 Å². The van der Waals surface area contributed by atoms with Crippen molar-refractivity contribution in [3.05, 3.63) is 72.4 Å². The van der Waals surface area contributed by atoms with Gasteiger partial charge in [-0.1, -0.05) is 20.8 Å². The summed E-state index contributed by atoms with van der Waals surface area (Å²) in [7, 11) is 0. The Morgan fingerprint density at radius 2 is 1.93 bits per heavy atom.